The van der Waals surface area contributed by atoms with Gasteiger partial charge in [0.05, 0.1) is 29.4 Å². The molecular weight excluding hydrogens is 616 g/mol. The van der Waals surface area contributed by atoms with Crippen LogP contribution in [-0.4, -0.2) is 35.6 Å². The number of carbonyl (C=O) groups excluding carboxylic acids is 4. The van der Waals surface area contributed by atoms with E-state index in [-0.39, 0.29) is 17.2 Å². The molecule has 2 aliphatic heterocycles. The predicted molar refractivity (Wildman–Crippen MR) is 185 cm³/mol. The van der Waals surface area contributed by atoms with Crippen molar-refractivity contribution < 1.29 is 28.7 Å². The van der Waals surface area contributed by atoms with Gasteiger partial charge in [0.2, 0.25) is 23.6 Å². The minimum absolute atomic E-state index is 0.232. The Hall–Kier alpha value is -5.24. The van der Waals surface area contributed by atoms with Crippen molar-refractivity contribution in [1.82, 2.24) is 4.90 Å². The summed E-state index contributed by atoms with van der Waals surface area (Å²) in [7, 11) is 1.41. The normalized spacial score (nSPS) is 22.6. The highest BCUT2D eigenvalue weighted by atomic mass is 16.5. The van der Waals surface area contributed by atoms with Crippen molar-refractivity contribution in [3.05, 3.63) is 114 Å². The number of nitrogens with zero attached hydrogens (tertiary/aromatic N) is 2. The van der Waals surface area contributed by atoms with Gasteiger partial charge in [-0.15, -0.1) is 0 Å². The monoisotopic (exact) mass is 656 g/mol. The van der Waals surface area contributed by atoms with Crippen molar-refractivity contribution in [3.8, 4) is 23.0 Å². The molecule has 3 fully saturated rings. The molecule has 0 aromatic heterocycles. The second kappa shape index (κ2) is 12.3. The summed E-state index contributed by atoms with van der Waals surface area (Å²) in [5, 5.41) is 0. The summed E-state index contributed by atoms with van der Waals surface area (Å²) in [5.74, 6) is -1.27. The quantitative estimate of drug-likeness (QED) is 0.163. The van der Waals surface area contributed by atoms with E-state index in [0.717, 1.165) is 34.1 Å². The van der Waals surface area contributed by atoms with Crippen LogP contribution in [0, 0.1) is 36.5 Å². The first kappa shape index (κ1) is 32.3. The topological polar surface area (TPSA) is 93.2 Å². The van der Waals surface area contributed by atoms with Crippen LogP contribution in [0.25, 0.3) is 0 Å². The number of imide groups is 2. The van der Waals surface area contributed by atoms with Crippen LogP contribution < -0.4 is 14.4 Å². The van der Waals surface area contributed by atoms with E-state index in [9.17, 15) is 19.2 Å². The molecule has 250 valence electrons. The summed E-state index contributed by atoms with van der Waals surface area (Å²) < 4.78 is 12.2. The Morgan fingerprint density at radius 2 is 0.959 bits per heavy atom. The van der Waals surface area contributed by atoms with Crippen molar-refractivity contribution in [3.63, 3.8) is 0 Å². The first-order valence-corrected chi connectivity index (χ1v) is 16.9. The molecule has 2 heterocycles. The van der Waals surface area contributed by atoms with E-state index in [2.05, 4.69) is 52.0 Å². The molecule has 4 aromatic rings. The van der Waals surface area contributed by atoms with Crippen LogP contribution in [0.3, 0.4) is 0 Å². The van der Waals surface area contributed by atoms with Gasteiger partial charge in [0.15, 0.2) is 0 Å². The van der Waals surface area contributed by atoms with Gasteiger partial charge in [0.25, 0.3) is 0 Å². The summed E-state index contributed by atoms with van der Waals surface area (Å²) in [4.78, 5) is 53.7. The third kappa shape index (κ3) is 5.59. The van der Waals surface area contributed by atoms with Crippen molar-refractivity contribution in [2.45, 2.75) is 46.0 Å². The molecule has 1 aliphatic carbocycles. The van der Waals surface area contributed by atoms with Gasteiger partial charge >= 0.3 is 0 Å². The zero-order valence-electron chi connectivity index (χ0n) is 28.4. The van der Waals surface area contributed by atoms with E-state index in [1.54, 1.807) is 24.3 Å². The molecule has 7 rings (SSSR count). The predicted octanol–water partition coefficient (Wildman–Crippen LogP) is 7.67. The minimum atomic E-state index is -0.774. The number of carbonyl (C=O) groups is 4. The number of benzene rings is 4. The number of likely N-dealkylation sites (tertiary alicyclic amines) is 1. The Bertz CT molecular complexity index is 1880. The number of anilines is 1. The Morgan fingerprint density at radius 1 is 0.592 bits per heavy atom. The van der Waals surface area contributed by atoms with Crippen LogP contribution in [0.15, 0.2) is 97.1 Å². The first-order chi connectivity index (χ1) is 23.5. The molecule has 4 amide bonds. The number of ether oxygens (including phenoxy) is 2. The molecule has 49 heavy (non-hydrogen) atoms. The highest BCUT2D eigenvalue weighted by molar-refractivity contribution is 6.27. The molecule has 4 aromatic carbocycles. The van der Waals surface area contributed by atoms with Crippen LogP contribution in [0.1, 0.15) is 50.3 Å². The van der Waals surface area contributed by atoms with Gasteiger partial charge in [-0.05, 0) is 97.5 Å². The van der Waals surface area contributed by atoms with Gasteiger partial charge in [0.1, 0.15) is 23.0 Å². The second-order valence-electron chi connectivity index (χ2n) is 14.2. The Labute approximate surface area is 286 Å². The average molecular weight is 657 g/mol. The van der Waals surface area contributed by atoms with E-state index in [1.807, 2.05) is 48.5 Å². The van der Waals surface area contributed by atoms with Gasteiger partial charge < -0.3 is 9.47 Å². The maximum absolute atomic E-state index is 13.2. The Balaban J connectivity index is 1.05. The lowest BCUT2D eigenvalue weighted by Gasteiger charge is -2.36. The molecule has 0 spiro atoms. The molecule has 0 radical (unpaired) electrons. The second-order valence-corrected chi connectivity index (χ2v) is 14.2. The van der Waals surface area contributed by atoms with E-state index >= 15 is 0 Å². The zero-order valence-corrected chi connectivity index (χ0v) is 28.4. The van der Waals surface area contributed by atoms with Gasteiger partial charge in [-0.3, -0.25) is 29.0 Å². The lowest BCUT2D eigenvalue weighted by molar-refractivity contribution is -0.146. The molecular formula is C41H40N2O6. The number of rotatable bonds is 10. The van der Waals surface area contributed by atoms with Gasteiger partial charge in [-0.25, -0.2) is 0 Å². The smallest absolute Gasteiger partial charge is 0.238 e. The number of fused-ring (bicyclic) bond motifs is 4. The van der Waals surface area contributed by atoms with Crippen molar-refractivity contribution in [2.75, 3.05) is 11.9 Å². The summed E-state index contributed by atoms with van der Waals surface area (Å²) in [6.07, 6.45) is 2.04. The van der Waals surface area contributed by atoms with E-state index < -0.39 is 35.5 Å². The fraction of sp³-hybridized carbons (Fsp3) is 0.317. The summed E-state index contributed by atoms with van der Waals surface area (Å²) in [6, 6.07) is 31.3. The Morgan fingerprint density at radius 3 is 1.37 bits per heavy atom. The highest BCUT2D eigenvalue weighted by Crippen LogP contribution is 2.56. The fourth-order valence-corrected chi connectivity index (χ4v) is 7.55. The molecule has 1 saturated carbocycles. The molecule has 8 nitrogen and oxygen atoms in total. The number of hydrogen-bond acceptors (Lipinski definition) is 6. The lowest BCUT2D eigenvalue weighted by Crippen LogP contribution is -2.50. The fourth-order valence-electron chi connectivity index (χ4n) is 7.55. The molecule has 2 saturated heterocycles. The standard InChI is InChI=1S/C41H40N2O6/c1-24(2)22-23-41(4,26-8-16-30(17-9-26)48-29-14-6-25(3)7-15-29)27-10-18-31(19-11-27)49-32-20-12-28(13-21-32)43-39(46)35-33-34(36(35)40(43)47)38(45)42(5)37(33)44/h6-21,24,33-36H,22-23H2,1-5H3. The molecule has 5 atom stereocenters. The number of hydrogen-bond donors (Lipinski definition) is 0. The maximum atomic E-state index is 13.2. The van der Waals surface area contributed by atoms with Crippen molar-refractivity contribution in [1.29, 1.82) is 0 Å². The number of aryl methyl sites for hydroxylation is 1. The van der Waals surface area contributed by atoms with Crippen LogP contribution in [0.4, 0.5) is 5.69 Å². The molecule has 0 bridgehead atoms. The molecule has 0 N–H and O–H groups in total. The Kier molecular flexibility index (Phi) is 8.13. The van der Waals surface area contributed by atoms with Gasteiger partial charge in [0, 0.05) is 12.5 Å². The van der Waals surface area contributed by atoms with Gasteiger partial charge in [-0.1, -0.05) is 62.7 Å². The third-order valence-electron chi connectivity index (χ3n) is 10.6. The first-order valence-electron chi connectivity index (χ1n) is 16.9. The lowest BCUT2D eigenvalue weighted by atomic mass is 9.59. The van der Waals surface area contributed by atoms with Gasteiger partial charge in [-0.2, -0.15) is 0 Å². The summed E-state index contributed by atoms with van der Waals surface area (Å²) in [6.45, 7) is 8.82. The van der Waals surface area contributed by atoms with Crippen molar-refractivity contribution in [2.24, 2.45) is 29.6 Å². The van der Waals surface area contributed by atoms with E-state index in [4.69, 9.17) is 9.47 Å². The largest absolute Gasteiger partial charge is 0.457 e. The van der Waals surface area contributed by atoms with Crippen LogP contribution in [0.5, 0.6) is 23.0 Å². The van der Waals surface area contributed by atoms with E-state index in [1.165, 1.54) is 23.7 Å². The maximum Gasteiger partial charge on any atom is 0.238 e. The van der Waals surface area contributed by atoms with Crippen LogP contribution in [0.2, 0.25) is 0 Å². The molecule has 3 aliphatic rings. The van der Waals surface area contributed by atoms with Crippen LogP contribution >= 0.6 is 0 Å². The average Bonchev–Trinajstić information content (AvgIpc) is 3.39. The van der Waals surface area contributed by atoms with Crippen molar-refractivity contribution >= 4 is 29.3 Å². The summed E-state index contributed by atoms with van der Waals surface area (Å²) >= 11 is 0. The molecule has 8 heteroatoms. The van der Waals surface area contributed by atoms with E-state index in [0.29, 0.717) is 23.1 Å². The summed E-state index contributed by atoms with van der Waals surface area (Å²) in [5.41, 5.74) is 3.74. The molecule has 5 unspecified atom stereocenters. The SMILES string of the molecule is Cc1ccc(Oc2ccc(C(C)(CCC(C)C)c3ccc(Oc4ccc(N5C(=O)C6C7C(=O)N(C)C(=O)C7C6C5=O)cc4)cc3)cc2)cc1. The minimum Gasteiger partial charge on any atom is -0.457 e. The zero-order chi connectivity index (χ0) is 34.6. The highest BCUT2D eigenvalue weighted by Gasteiger charge is 2.73. The third-order valence-corrected chi connectivity index (χ3v) is 10.6. The number of amides is 4. The van der Waals surface area contributed by atoms with Crippen LogP contribution in [-0.2, 0) is 24.6 Å².